The molecule has 0 aromatic heterocycles. The third-order valence-electron chi connectivity index (χ3n) is 2.07. The molecule has 1 fully saturated rings. The molecule has 1 rings (SSSR count). The van der Waals surface area contributed by atoms with E-state index >= 15 is 0 Å². The molecule has 13 heavy (non-hydrogen) atoms. The summed E-state index contributed by atoms with van der Waals surface area (Å²) in [6.07, 6.45) is 2.24. The van der Waals surface area contributed by atoms with Gasteiger partial charge in [0.2, 0.25) is 5.91 Å². The van der Waals surface area contributed by atoms with Crippen LogP contribution < -0.4 is 11.1 Å². The summed E-state index contributed by atoms with van der Waals surface area (Å²) < 4.78 is 0. The monoisotopic (exact) mass is 183 g/mol. The summed E-state index contributed by atoms with van der Waals surface area (Å²) in [5.74, 6) is 1.03. The number of likely N-dealkylation sites (N-methyl/N-ethyl adjacent to an activating group) is 1. The van der Waals surface area contributed by atoms with Gasteiger partial charge in [-0.3, -0.25) is 9.79 Å². The molecule has 0 aromatic carbocycles. The zero-order chi connectivity index (χ0) is 9.84. The van der Waals surface area contributed by atoms with Gasteiger partial charge in [0.1, 0.15) is 6.04 Å². The highest BCUT2D eigenvalue weighted by molar-refractivity contribution is 5.89. The van der Waals surface area contributed by atoms with Crippen molar-refractivity contribution in [3.8, 4) is 0 Å². The van der Waals surface area contributed by atoms with Gasteiger partial charge in [-0.2, -0.15) is 0 Å². The van der Waals surface area contributed by atoms with Crippen molar-refractivity contribution in [2.45, 2.75) is 32.7 Å². The molecular weight excluding hydrogens is 166 g/mol. The SMILES string of the molecule is CCNC(=O)C(C)N=C(N)C1CC1. The maximum absolute atomic E-state index is 11.2. The van der Waals surface area contributed by atoms with Crippen LogP contribution in [0.3, 0.4) is 0 Å². The lowest BCUT2D eigenvalue weighted by atomic mass is 10.3. The van der Waals surface area contributed by atoms with Crippen LogP contribution >= 0.6 is 0 Å². The van der Waals surface area contributed by atoms with Gasteiger partial charge in [-0.15, -0.1) is 0 Å². The molecule has 1 aliphatic rings. The number of nitrogens with two attached hydrogens (primary N) is 1. The van der Waals surface area contributed by atoms with Gasteiger partial charge in [0.05, 0.1) is 5.84 Å². The van der Waals surface area contributed by atoms with E-state index in [1.807, 2.05) is 6.92 Å². The van der Waals surface area contributed by atoms with Crippen LogP contribution in [0.25, 0.3) is 0 Å². The average Bonchev–Trinajstić information content (AvgIpc) is 2.86. The highest BCUT2D eigenvalue weighted by Gasteiger charge is 2.26. The van der Waals surface area contributed by atoms with E-state index in [4.69, 9.17) is 5.73 Å². The van der Waals surface area contributed by atoms with Crippen LogP contribution in [-0.2, 0) is 4.79 Å². The summed E-state index contributed by atoms with van der Waals surface area (Å²) in [7, 11) is 0. The summed E-state index contributed by atoms with van der Waals surface area (Å²) in [4.78, 5) is 15.4. The number of nitrogens with zero attached hydrogens (tertiary/aromatic N) is 1. The molecule has 0 spiro atoms. The van der Waals surface area contributed by atoms with Crippen molar-refractivity contribution >= 4 is 11.7 Å². The zero-order valence-corrected chi connectivity index (χ0v) is 8.21. The zero-order valence-electron chi connectivity index (χ0n) is 8.21. The fourth-order valence-corrected chi connectivity index (χ4v) is 1.09. The van der Waals surface area contributed by atoms with Crippen molar-refractivity contribution in [1.82, 2.24) is 5.32 Å². The minimum absolute atomic E-state index is 0.0499. The van der Waals surface area contributed by atoms with Gasteiger partial charge in [0, 0.05) is 12.5 Å². The first-order valence-electron chi connectivity index (χ1n) is 4.76. The number of carbonyl (C=O) groups excluding carboxylic acids is 1. The molecule has 1 unspecified atom stereocenters. The van der Waals surface area contributed by atoms with Gasteiger partial charge >= 0.3 is 0 Å². The first-order chi connectivity index (χ1) is 6.15. The molecule has 0 radical (unpaired) electrons. The lowest BCUT2D eigenvalue weighted by Gasteiger charge is -2.07. The Morgan fingerprint density at radius 1 is 1.69 bits per heavy atom. The van der Waals surface area contributed by atoms with Crippen molar-refractivity contribution in [3.05, 3.63) is 0 Å². The maximum Gasteiger partial charge on any atom is 0.244 e. The minimum atomic E-state index is -0.347. The molecule has 0 aliphatic heterocycles. The molecule has 1 atom stereocenters. The van der Waals surface area contributed by atoms with Crippen molar-refractivity contribution in [2.24, 2.45) is 16.6 Å². The van der Waals surface area contributed by atoms with E-state index in [0.717, 1.165) is 12.8 Å². The Balaban J connectivity index is 2.41. The molecule has 1 aliphatic carbocycles. The fraction of sp³-hybridized carbons (Fsp3) is 0.778. The number of hydrogen-bond donors (Lipinski definition) is 2. The van der Waals surface area contributed by atoms with E-state index in [1.54, 1.807) is 6.92 Å². The third kappa shape index (κ3) is 3.05. The van der Waals surface area contributed by atoms with Crippen molar-refractivity contribution in [3.63, 3.8) is 0 Å². The van der Waals surface area contributed by atoms with E-state index in [-0.39, 0.29) is 11.9 Å². The lowest BCUT2D eigenvalue weighted by molar-refractivity contribution is -0.121. The molecule has 0 bridgehead atoms. The molecule has 1 amide bonds. The number of amides is 1. The van der Waals surface area contributed by atoms with Crippen LogP contribution in [0.4, 0.5) is 0 Å². The first-order valence-corrected chi connectivity index (χ1v) is 4.76. The molecule has 0 saturated heterocycles. The molecule has 3 N–H and O–H groups in total. The quantitative estimate of drug-likeness (QED) is 0.485. The molecule has 0 aromatic rings. The summed E-state index contributed by atoms with van der Waals surface area (Å²) >= 11 is 0. The van der Waals surface area contributed by atoms with E-state index in [9.17, 15) is 4.79 Å². The largest absolute Gasteiger partial charge is 0.387 e. The standard InChI is InChI=1S/C9H17N3O/c1-3-11-9(13)6(2)12-8(10)7-4-5-7/h6-7H,3-5H2,1-2H3,(H2,10,12)(H,11,13). The molecule has 74 valence electrons. The predicted molar refractivity (Wildman–Crippen MR) is 52.5 cm³/mol. The van der Waals surface area contributed by atoms with E-state index in [1.165, 1.54) is 0 Å². The van der Waals surface area contributed by atoms with E-state index in [2.05, 4.69) is 10.3 Å². The van der Waals surface area contributed by atoms with Crippen LogP contribution in [-0.4, -0.2) is 24.3 Å². The summed E-state index contributed by atoms with van der Waals surface area (Å²) in [6, 6.07) is -0.347. The van der Waals surface area contributed by atoms with Crippen molar-refractivity contribution in [2.75, 3.05) is 6.54 Å². The number of aliphatic imine (C=N–C) groups is 1. The Hall–Kier alpha value is -1.06. The van der Waals surface area contributed by atoms with Crippen molar-refractivity contribution < 1.29 is 4.79 Å². The number of rotatable bonds is 4. The van der Waals surface area contributed by atoms with Gasteiger partial charge in [-0.1, -0.05) is 0 Å². The number of nitrogens with one attached hydrogen (secondary N) is 1. The third-order valence-corrected chi connectivity index (χ3v) is 2.07. The second-order valence-electron chi connectivity index (χ2n) is 3.40. The van der Waals surface area contributed by atoms with E-state index in [0.29, 0.717) is 18.3 Å². The summed E-state index contributed by atoms with van der Waals surface area (Å²) in [6.45, 7) is 4.29. The normalized spacial score (nSPS) is 19.7. The molecular formula is C9H17N3O. The van der Waals surface area contributed by atoms with Gasteiger partial charge in [-0.05, 0) is 26.7 Å². The van der Waals surface area contributed by atoms with Crippen molar-refractivity contribution in [1.29, 1.82) is 0 Å². The van der Waals surface area contributed by atoms with Crippen LogP contribution in [0, 0.1) is 5.92 Å². The summed E-state index contributed by atoms with van der Waals surface area (Å²) in [5.41, 5.74) is 5.68. The van der Waals surface area contributed by atoms with Gasteiger partial charge in [0.25, 0.3) is 0 Å². The fourth-order valence-electron chi connectivity index (χ4n) is 1.09. The number of carbonyl (C=O) groups is 1. The highest BCUT2D eigenvalue weighted by atomic mass is 16.2. The van der Waals surface area contributed by atoms with E-state index < -0.39 is 0 Å². The molecule has 4 heteroatoms. The second-order valence-corrected chi connectivity index (χ2v) is 3.40. The van der Waals surface area contributed by atoms with Gasteiger partial charge in [0.15, 0.2) is 0 Å². The predicted octanol–water partition coefficient (Wildman–Crippen LogP) is 0.278. The Bertz CT molecular complexity index is 221. The Morgan fingerprint density at radius 2 is 2.31 bits per heavy atom. The second kappa shape index (κ2) is 4.25. The Labute approximate surface area is 78.6 Å². The topological polar surface area (TPSA) is 67.5 Å². The number of amidine groups is 1. The lowest BCUT2D eigenvalue weighted by Crippen LogP contribution is -2.33. The van der Waals surface area contributed by atoms with Crippen LogP contribution in [0.15, 0.2) is 4.99 Å². The number of hydrogen-bond acceptors (Lipinski definition) is 2. The Morgan fingerprint density at radius 3 is 2.77 bits per heavy atom. The molecule has 0 heterocycles. The van der Waals surface area contributed by atoms with Crippen LogP contribution in [0.2, 0.25) is 0 Å². The summed E-state index contributed by atoms with van der Waals surface area (Å²) in [5, 5.41) is 2.71. The van der Waals surface area contributed by atoms with Crippen LogP contribution in [0.5, 0.6) is 0 Å². The smallest absolute Gasteiger partial charge is 0.244 e. The van der Waals surface area contributed by atoms with Gasteiger partial charge in [-0.25, -0.2) is 0 Å². The average molecular weight is 183 g/mol. The maximum atomic E-state index is 11.2. The molecule has 1 saturated carbocycles. The highest BCUT2D eigenvalue weighted by Crippen LogP contribution is 2.28. The Kier molecular flexibility index (Phi) is 3.28. The minimum Gasteiger partial charge on any atom is -0.387 e. The van der Waals surface area contributed by atoms with Gasteiger partial charge < -0.3 is 11.1 Å². The first kappa shape index (κ1) is 10.0. The molecule has 4 nitrogen and oxygen atoms in total. The van der Waals surface area contributed by atoms with Crippen LogP contribution in [0.1, 0.15) is 26.7 Å².